The number of hydrogen-bond acceptors (Lipinski definition) is 6. The lowest BCUT2D eigenvalue weighted by atomic mass is 10.0. The maximum Gasteiger partial charge on any atom is 0.268 e. The van der Waals surface area contributed by atoms with Crippen molar-refractivity contribution in [2.45, 2.75) is 360 Å². The predicted molar refractivity (Wildman–Crippen MR) is 376 cm³/mol. The molecule has 0 radical (unpaired) electrons. The topological polar surface area (TPSA) is 108 Å². The van der Waals surface area contributed by atoms with E-state index in [2.05, 4.69) is 92.1 Å². The lowest BCUT2D eigenvalue weighted by Crippen LogP contribution is -2.45. The van der Waals surface area contributed by atoms with E-state index in [1.54, 1.807) is 6.08 Å². The van der Waals surface area contributed by atoms with E-state index in [0.717, 1.165) is 77.0 Å². The highest BCUT2D eigenvalue weighted by Gasteiger charge is 2.23. The summed E-state index contributed by atoms with van der Waals surface area (Å²) in [4.78, 5) is 25.7. The first-order valence-electron chi connectivity index (χ1n) is 36.9. The summed E-state index contributed by atoms with van der Waals surface area (Å²) in [5.41, 5.74) is 0. The Morgan fingerprint density at radius 2 is 0.709 bits per heavy atom. The fourth-order valence-corrected chi connectivity index (χ4v) is 11.6. The van der Waals surface area contributed by atoms with Gasteiger partial charge in [-0.2, -0.15) is 0 Å². The van der Waals surface area contributed by atoms with Gasteiger partial charge in [0.1, 0.15) is 13.2 Å². The molecule has 2 N–H and O–H groups in total. The van der Waals surface area contributed by atoms with Crippen molar-refractivity contribution in [3.63, 3.8) is 0 Å². The molecule has 0 aliphatic heterocycles. The van der Waals surface area contributed by atoms with Crippen molar-refractivity contribution in [3.8, 4) is 0 Å². The number of carbonyl (C=O) groups is 1. The zero-order valence-corrected chi connectivity index (χ0v) is 58.4. The smallest absolute Gasteiger partial charge is 0.268 e. The Labute approximate surface area is 535 Å². The van der Waals surface area contributed by atoms with Crippen LogP contribution in [0.3, 0.4) is 0 Å². The van der Waals surface area contributed by atoms with Crippen molar-refractivity contribution in [1.29, 1.82) is 0 Å². The van der Waals surface area contributed by atoms with E-state index < -0.39 is 20.0 Å². The number of phosphoric acid groups is 1. The lowest BCUT2D eigenvalue weighted by molar-refractivity contribution is -0.870. The predicted octanol–water partition coefficient (Wildman–Crippen LogP) is 23.3. The molecular formula is C77H143N2O6P. The van der Waals surface area contributed by atoms with Gasteiger partial charge in [-0.25, -0.2) is 0 Å². The molecule has 0 aromatic heterocycles. The Morgan fingerprint density at radius 1 is 0.419 bits per heavy atom. The standard InChI is InChI=1S/C77H143N2O6P/c1-6-8-10-12-14-16-18-20-22-24-26-28-30-32-34-36-37-38-39-40-41-43-45-47-49-51-53-55-57-59-61-63-65-67-69-71-77(81)78-75(74-85-86(82,83)84-73-72-79(3,4)5)76(80)70-68-66-64-62-60-58-56-54-52-50-48-46-44-42-35-33-31-29-27-25-23-21-19-17-15-13-11-9-7-2/h8,10,14,16,20,22,26,28,32,34,37-38,68,70,75-76,80H,6-7,9,11-13,15,17-19,21,23-25,27,29-31,33,35-36,39-67,69,71-74H2,1-5H3,(H-,78,81,82,83)/b10-8-,16-14-,22-20-,28-26-,34-32-,38-37-,70-68+. The van der Waals surface area contributed by atoms with E-state index in [1.165, 1.54) is 250 Å². The number of rotatable bonds is 68. The molecule has 0 aromatic rings. The minimum atomic E-state index is -4.61. The van der Waals surface area contributed by atoms with Crippen molar-refractivity contribution in [2.24, 2.45) is 0 Å². The van der Waals surface area contributed by atoms with Gasteiger partial charge in [0, 0.05) is 6.42 Å². The van der Waals surface area contributed by atoms with E-state index in [-0.39, 0.29) is 19.1 Å². The molecule has 0 aliphatic rings. The summed E-state index contributed by atoms with van der Waals surface area (Å²) in [5, 5.41) is 14.0. The molecule has 0 spiro atoms. The fraction of sp³-hybridized carbons (Fsp3) is 0.805. The molecule has 0 bridgehead atoms. The van der Waals surface area contributed by atoms with Crippen molar-refractivity contribution < 1.29 is 32.9 Å². The summed E-state index contributed by atoms with van der Waals surface area (Å²) in [7, 11) is 1.27. The van der Waals surface area contributed by atoms with Crippen LogP contribution in [0.2, 0.25) is 0 Å². The second-order valence-corrected chi connectivity index (χ2v) is 27.7. The Bertz CT molecular complexity index is 1680. The van der Waals surface area contributed by atoms with E-state index in [9.17, 15) is 19.4 Å². The molecule has 0 saturated carbocycles. The number of hydrogen-bond donors (Lipinski definition) is 2. The second-order valence-electron chi connectivity index (χ2n) is 26.3. The molecule has 0 rings (SSSR count). The van der Waals surface area contributed by atoms with Gasteiger partial charge in [-0.1, -0.05) is 356 Å². The summed E-state index contributed by atoms with van der Waals surface area (Å²) < 4.78 is 23.5. The van der Waals surface area contributed by atoms with Crippen molar-refractivity contribution in [2.75, 3.05) is 40.9 Å². The lowest BCUT2D eigenvalue weighted by Gasteiger charge is -2.29. The quantitative estimate of drug-likeness (QED) is 0.0272. The van der Waals surface area contributed by atoms with Crippen molar-refractivity contribution in [3.05, 3.63) is 85.1 Å². The highest BCUT2D eigenvalue weighted by Crippen LogP contribution is 2.38. The van der Waals surface area contributed by atoms with Crippen LogP contribution in [0.15, 0.2) is 85.1 Å². The third kappa shape index (κ3) is 69.2. The minimum Gasteiger partial charge on any atom is -0.756 e. The first kappa shape index (κ1) is 83.7. The van der Waals surface area contributed by atoms with Gasteiger partial charge in [-0.15, -0.1) is 0 Å². The number of aliphatic hydroxyl groups excluding tert-OH is 1. The zero-order chi connectivity index (χ0) is 62.6. The fourth-order valence-electron chi connectivity index (χ4n) is 10.9. The highest BCUT2D eigenvalue weighted by atomic mass is 31.2. The number of nitrogens with zero attached hydrogens (tertiary/aromatic N) is 1. The number of aliphatic hydroxyl groups is 1. The zero-order valence-electron chi connectivity index (χ0n) is 57.5. The van der Waals surface area contributed by atoms with Crippen LogP contribution in [0.1, 0.15) is 348 Å². The Balaban J connectivity index is 4.04. The third-order valence-electron chi connectivity index (χ3n) is 16.6. The third-order valence-corrected chi connectivity index (χ3v) is 17.6. The van der Waals surface area contributed by atoms with Crippen LogP contribution in [-0.2, 0) is 18.4 Å². The number of quaternary nitrogens is 1. The van der Waals surface area contributed by atoms with Gasteiger partial charge >= 0.3 is 0 Å². The summed E-state index contributed by atoms with van der Waals surface area (Å²) >= 11 is 0. The largest absolute Gasteiger partial charge is 0.756 e. The number of unbranched alkanes of at least 4 members (excludes halogenated alkanes) is 43. The van der Waals surface area contributed by atoms with Crippen LogP contribution in [-0.4, -0.2) is 68.5 Å². The van der Waals surface area contributed by atoms with Gasteiger partial charge in [-0.3, -0.25) is 9.36 Å². The van der Waals surface area contributed by atoms with Crippen LogP contribution in [0.4, 0.5) is 0 Å². The van der Waals surface area contributed by atoms with Crippen LogP contribution in [0.5, 0.6) is 0 Å². The highest BCUT2D eigenvalue weighted by molar-refractivity contribution is 7.45. The van der Waals surface area contributed by atoms with Gasteiger partial charge < -0.3 is 28.8 Å². The molecule has 0 aromatic carbocycles. The second kappa shape index (κ2) is 67.1. The van der Waals surface area contributed by atoms with E-state index in [0.29, 0.717) is 17.4 Å². The maximum atomic E-state index is 13.1. The minimum absolute atomic E-state index is 0.00210. The van der Waals surface area contributed by atoms with Crippen molar-refractivity contribution >= 4 is 13.7 Å². The molecule has 0 fully saturated rings. The first-order chi connectivity index (χ1) is 42.0. The SMILES string of the molecule is CC/C=C\C/C=C\C/C=C\C/C=C\C/C=C\C/C=C\CCCCCCCCCCCCCCCCCCC(=O)NC(COP(=O)([O-])OCC[N+](C)(C)C)C(O)/C=C/CCCCCCCCCCCCCCCCCCCCCCCCCCCCC. The summed E-state index contributed by atoms with van der Waals surface area (Å²) in [6, 6.07) is -0.892. The first-order valence-corrected chi connectivity index (χ1v) is 38.4. The molecule has 9 heteroatoms. The maximum absolute atomic E-state index is 13.1. The van der Waals surface area contributed by atoms with Crippen molar-refractivity contribution in [1.82, 2.24) is 5.32 Å². The summed E-state index contributed by atoms with van der Waals surface area (Å²) in [5.74, 6) is -0.194. The summed E-state index contributed by atoms with van der Waals surface area (Å²) in [6.45, 7) is 4.58. The number of likely N-dealkylation sites (N-methyl/N-ethyl adjacent to an activating group) is 1. The molecule has 0 saturated heterocycles. The molecule has 0 aliphatic carbocycles. The Morgan fingerprint density at radius 3 is 1.03 bits per heavy atom. The molecule has 3 unspecified atom stereocenters. The van der Waals surface area contributed by atoms with Gasteiger partial charge in [0.15, 0.2) is 0 Å². The Kier molecular flexibility index (Phi) is 65.3. The number of allylic oxidation sites excluding steroid dienone is 13. The number of nitrogens with one attached hydrogen (secondary N) is 1. The molecular weight excluding hydrogens is 1080 g/mol. The van der Waals surface area contributed by atoms with E-state index in [1.807, 2.05) is 27.2 Å². The molecule has 1 amide bonds. The Hall–Kier alpha value is -2.32. The summed E-state index contributed by atoms with van der Waals surface area (Å²) in [6.07, 6.45) is 95.7. The van der Waals surface area contributed by atoms with Crippen LogP contribution in [0, 0.1) is 0 Å². The number of phosphoric ester groups is 1. The molecule has 0 heterocycles. The van der Waals surface area contributed by atoms with Gasteiger partial charge in [-0.05, 0) is 70.6 Å². The van der Waals surface area contributed by atoms with E-state index >= 15 is 0 Å². The molecule has 86 heavy (non-hydrogen) atoms. The molecule has 8 nitrogen and oxygen atoms in total. The van der Waals surface area contributed by atoms with E-state index in [4.69, 9.17) is 9.05 Å². The average molecular weight is 1220 g/mol. The van der Waals surface area contributed by atoms with Gasteiger partial charge in [0.05, 0.1) is 39.9 Å². The van der Waals surface area contributed by atoms with Crippen LogP contribution in [0.25, 0.3) is 0 Å². The van der Waals surface area contributed by atoms with Gasteiger partial charge in [0.25, 0.3) is 7.82 Å². The van der Waals surface area contributed by atoms with Gasteiger partial charge in [0.2, 0.25) is 5.91 Å². The normalized spacial score (nSPS) is 14.1. The monoisotopic (exact) mass is 1220 g/mol. The van der Waals surface area contributed by atoms with Crippen LogP contribution >= 0.6 is 7.82 Å². The number of amides is 1. The number of carbonyl (C=O) groups excluding carboxylic acids is 1. The molecule has 3 atom stereocenters. The van der Waals surface area contributed by atoms with Crippen LogP contribution < -0.4 is 10.2 Å². The molecule has 502 valence electrons. The average Bonchev–Trinajstić information content (AvgIpc) is 3.70.